The summed E-state index contributed by atoms with van der Waals surface area (Å²) in [4.78, 5) is 11.0. The molecule has 0 radical (unpaired) electrons. The first-order chi connectivity index (χ1) is 8.06. The van der Waals surface area contributed by atoms with Gasteiger partial charge in [-0.1, -0.05) is 12.1 Å². The number of aryl methyl sites for hydroxylation is 1. The monoisotopic (exact) mass is 229 g/mol. The van der Waals surface area contributed by atoms with E-state index in [-0.39, 0.29) is 6.42 Å². The van der Waals surface area contributed by atoms with Crippen molar-refractivity contribution in [2.45, 2.75) is 27.2 Å². The van der Waals surface area contributed by atoms with Crippen molar-refractivity contribution < 1.29 is 4.79 Å². The molecule has 1 amide bonds. The lowest BCUT2D eigenvalue weighted by atomic mass is 10.00. The highest BCUT2D eigenvalue weighted by atomic mass is 16.2. The summed E-state index contributed by atoms with van der Waals surface area (Å²) in [6.45, 7) is 6.12. The molecule has 0 saturated carbocycles. The van der Waals surface area contributed by atoms with Gasteiger partial charge in [0, 0.05) is 0 Å². The fourth-order valence-electron chi connectivity index (χ4n) is 1.40. The van der Waals surface area contributed by atoms with Crippen molar-refractivity contribution in [3.05, 3.63) is 34.4 Å². The van der Waals surface area contributed by atoms with Gasteiger partial charge >= 0.3 is 0 Å². The van der Waals surface area contributed by atoms with Gasteiger partial charge in [-0.05, 0) is 43.0 Å². The summed E-state index contributed by atoms with van der Waals surface area (Å²) in [7, 11) is 0. The maximum atomic E-state index is 11.0. The van der Waals surface area contributed by atoms with Gasteiger partial charge in [0.15, 0.2) is 0 Å². The van der Waals surface area contributed by atoms with E-state index < -0.39 is 5.91 Å². The van der Waals surface area contributed by atoms with Crippen molar-refractivity contribution in [3.63, 3.8) is 0 Å². The van der Waals surface area contributed by atoms with Crippen LogP contribution in [0.1, 0.15) is 28.7 Å². The van der Waals surface area contributed by atoms with Crippen LogP contribution < -0.4 is 5.43 Å². The second-order valence-electron chi connectivity index (χ2n) is 3.85. The number of carbonyl (C=O) groups is 1. The first kappa shape index (κ1) is 12.9. The van der Waals surface area contributed by atoms with Crippen molar-refractivity contribution in [2.75, 3.05) is 0 Å². The summed E-state index contributed by atoms with van der Waals surface area (Å²) >= 11 is 0. The normalized spacial score (nSPS) is 10.2. The Hall–Kier alpha value is -2.15. The second kappa shape index (κ2) is 5.80. The molecule has 0 heterocycles. The second-order valence-corrected chi connectivity index (χ2v) is 3.85. The molecule has 0 saturated heterocycles. The summed E-state index contributed by atoms with van der Waals surface area (Å²) in [6, 6.07) is 5.73. The number of nitriles is 1. The van der Waals surface area contributed by atoms with Crippen LogP contribution in [0.4, 0.5) is 0 Å². The lowest BCUT2D eigenvalue weighted by Gasteiger charge is -2.07. The van der Waals surface area contributed by atoms with Crippen LogP contribution in [0.2, 0.25) is 0 Å². The largest absolute Gasteiger partial charge is 0.272 e. The standard InChI is InChI=1S/C13H15N3O/c1-9-4-5-12(11(3)10(9)2)8-15-16-13(17)6-7-14/h4-5,8H,6H2,1-3H3,(H,16,17)/b15-8-. The van der Waals surface area contributed by atoms with Gasteiger partial charge in [0.25, 0.3) is 5.91 Å². The van der Waals surface area contributed by atoms with Crippen molar-refractivity contribution >= 4 is 12.1 Å². The Morgan fingerprint density at radius 2 is 2.12 bits per heavy atom. The topological polar surface area (TPSA) is 65.2 Å². The minimum atomic E-state index is -0.398. The van der Waals surface area contributed by atoms with Crippen LogP contribution in [-0.2, 0) is 4.79 Å². The van der Waals surface area contributed by atoms with Crippen LogP contribution in [0.3, 0.4) is 0 Å². The van der Waals surface area contributed by atoms with Crippen LogP contribution >= 0.6 is 0 Å². The highest BCUT2D eigenvalue weighted by Gasteiger charge is 2.01. The number of hydrogen-bond donors (Lipinski definition) is 1. The van der Waals surface area contributed by atoms with E-state index in [9.17, 15) is 4.79 Å². The van der Waals surface area contributed by atoms with Gasteiger partial charge in [-0.25, -0.2) is 5.43 Å². The van der Waals surface area contributed by atoms with Crippen LogP contribution in [-0.4, -0.2) is 12.1 Å². The fraction of sp³-hybridized carbons (Fsp3) is 0.308. The molecular formula is C13H15N3O. The smallest absolute Gasteiger partial charge is 0.254 e. The number of rotatable bonds is 3. The molecule has 0 atom stereocenters. The number of carbonyl (C=O) groups excluding carboxylic acids is 1. The molecule has 0 spiro atoms. The molecule has 1 N–H and O–H groups in total. The third kappa shape index (κ3) is 3.42. The number of benzene rings is 1. The number of amides is 1. The lowest BCUT2D eigenvalue weighted by Crippen LogP contribution is -2.16. The number of nitrogens with one attached hydrogen (secondary N) is 1. The summed E-state index contributed by atoms with van der Waals surface area (Å²) in [5, 5.41) is 12.1. The summed E-state index contributed by atoms with van der Waals surface area (Å²) in [5.41, 5.74) is 6.86. The van der Waals surface area contributed by atoms with Crippen molar-refractivity contribution in [3.8, 4) is 6.07 Å². The van der Waals surface area contributed by atoms with E-state index in [0.29, 0.717) is 0 Å². The lowest BCUT2D eigenvalue weighted by molar-refractivity contribution is -0.120. The molecule has 0 aliphatic heterocycles. The SMILES string of the molecule is Cc1ccc(/C=N\NC(=O)CC#N)c(C)c1C. The summed E-state index contributed by atoms with van der Waals surface area (Å²) in [6.07, 6.45) is 1.42. The molecule has 0 fully saturated rings. The average Bonchev–Trinajstić information content (AvgIpc) is 2.29. The summed E-state index contributed by atoms with van der Waals surface area (Å²) < 4.78 is 0. The van der Waals surface area contributed by atoms with E-state index in [1.54, 1.807) is 12.3 Å². The third-order valence-electron chi connectivity index (χ3n) is 2.73. The van der Waals surface area contributed by atoms with Gasteiger partial charge < -0.3 is 0 Å². The van der Waals surface area contributed by atoms with Gasteiger partial charge in [-0.15, -0.1) is 0 Å². The molecule has 0 aliphatic carbocycles. The van der Waals surface area contributed by atoms with Gasteiger partial charge in [0.2, 0.25) is 0 Å². The van der Waals surface area contributed by atoms with Crippen molar-refractivity contribution in [2.24, 2.45) is 5.10 Å². The predicted molar refractivity (Wildman–Crippen MR) is 66.6 cm³/mol. The molecule has 4 heteroatoms. The van der Waals surface area contributed by atoms with Crippen LogP contribution in [0.5, 0.6) is 0 Å². The highest BCUT2D eigenvalue weighted by molar-refractivity contribution is 5.84. The third-order valence-corrected chi connectivity index (χ3v) is 2.73. The van der Waals surface area contributed by atoms with Crippen LogP contribution in [0.25, 0.3) is 0 Å². The molecule has 1 rings (SSSR count). The van der Waals surface area contributed by atoms with E-state index in [1.165, 1.54) is 11.1 Å². The Balaban J connectivity index is 2.76. The Labute approximate surface area is 101 Å². The van der Waals surface area contributed by atoms with Crippen LogP contribution in [0, 0.1) is 32.1 Å². The van der Waals surface area contributed by atoms with E-state index in [2.05, 4.69) is 24.4 Å². The Kier molecular flexibility index (Phi) is 4.41. The zero-order chi connectivity index (χ0) is 12.8. The van der Waals surface area contributed by atoms with Crippen molar-refractivity contribution in [1.82, 2.24) is 5.43 Å². The van der Waals surface area contributed by atoms with Crippen LogP contribution in [0.15, 0.2) is 17.2 Å². The molecule has 88 valence electrons. The molecule has 0 aliphatic rings. The van der Waals surface area contributed by atoms with E-state index in [0.717, 1.165) is 11.1 Å². The number of hydrazone groups is 1. The predicted octanol–water partition coefficient (Wildman–Crippen LogP) is 1.98. The van der Waals surface area contributed by atoms with E-state index in [1.807, 2.05) is 19.1 Å². The minimum absolute atomic E-state index is 0.177. The zero-order valence-corrected chi connectivity index (χ0v) is 10.2. The van der Waals surface area contributed by atoms with Crippen molar-refractivity contribution in [1.29, 1.82) is 5.26 Å². The Bertz CT molecular complexity index is 498. The van der Waals surface area contributed by atoms with Gasteiger partial charge in [0.1, 0.15) is 6.42 Å². The first-order valence-electron chi connectivity index (χ1n) is 5.32. The Morgan fingerprint density at radius 1 is 1.41 bits per heavy atom. The fourth-order valence-corrected chi connectivity index (χ4v) is 1.40. The van der Waals surface area contributed by atoms with E-state index in [4.69, 9.17) is 5.26 Å². The number of hydrogen-bond acceptors (Lipinski definition) is 3. The molecule has 4 nitrogen and oxygen atoms in total. The molecular weight excluding hydrogens is 214 g/mol. The molecule has 0 aromatic heterocycles. The molecule has 0 unspecified atom stereocenters. The quantitative estimate of drug-likeness (QED) is 0.636. The minimum Gasteiger partial charge on any atom is -0.272 e. The Morgan fingerprint density at radius 3 is 2.76 bits per heavy atom. The van der Waals surface area contributed by atoms with E-state index >= 15 is 0 Å². The van der Waals surface area contributed by atoms with Gasteiger partial charge in [-0.3, -0.25) is 4.79 Å². The molecule has 17 heavy (non-hydrogen) atoms. The van der Waals surface area contributed by atoms with Gasteiger partial charge in [-0.2, -0.15) is 10.4 Å². The highest BCUT2D eigenvalue weighted by Crippen LogP contribution is 2.15. The molecule has 0 bridgehead atoms. The number of nitrogens with zero attached hydrogens (tertiary/aromatic N) is 2. The first-order valence-corrected chi connectivity index (χ1v) is 5.32. The summed E-state index contributed by atoms with van der Waals surface area (Å²) in [5.74, 6) is -0.398. The molecule has 1 aromatic rings. The maximum Gasteiger partial charge on any atom is 0.254 e. The molecule has 1 aromatic carbocycles. The zero-order valence-electron chi connectivity index (χ0n) is 10.2. The average molecular weight is 229 g/mol. The van der Waals surface area contributed by atoms with Gasteiger partial charge in [0.05, 0.1) is 12.3 Å². The maximum absolute atomic E-state index is 11.0.